The summed E-state index contributed by atoms with van der Waals surface area (Å²) in [5.74, 6) is -0.958. The fraction of sp³-hybridized carbons (Fsp3) is 0.263. The van der Waals surface area contributed by atoms with E-state index >= 15 is 0 Å². The molecule has 0 fully saturated rings. The standard InChI is InChI=1S/C19H19N3O4S2/c1-4-26-19(25)17-11(2)13(9-20)18(28-17)22-16(24)10-27-15-8-6-5-7-14(15)21-12(3)23/h5-8H,4,10H2,1-3H3,(H,21,23)(H,22,24). The monoisotopic (exact) mass is 417 g/mol. The molecule has 0 aliphatic rings. The van der Waals surface area contributed by atoms with Crippen molar-refractivity contribution in [2.24, 2.45) is 0 Å². The quantitative estimate of drug-likeness (QED) is 0.524. The second-order valence-electron chi connectivity index (χ2n) is 5.61. The number of amides is 2. The third-order valence-electron chi connectivity index (χ3n) is 3.53. The molecule has 0 bridgehead atoms. The smallest absolute Gasteiger partial charge is 0.348 e. The third-order valence-corrected chi connectivity index (χ3v) is 5.79. The number of thioether (sulfide) groups is 1. The van der Waals surface area contributed by atoms with Gasteiger partial charge in [-0.15, -0.1) is 23.1 Å². The summed E-state index contributed by atoms with van der Waals surface area (Å²) < 4.78 is 4.99. The Kier molecular flexibility index (Phi) is 7.61. The molecule has 1 aromatic carbocycles. The lowest BCUT2D eigenvalue weighted by atomic mass is 10.2. The van der Waals surface area contributed by atoms with E-state index in [0.717, 1.165) is 16.2 Å². The van der Waals surface area contributed by atoms with Gasteiger partial charge in [0.25, 0.3) is 0 Å². The molecule has 2 amide bonds. The maximum atomic E-state index is 12.4. The van der Waals surface area contributed by atoms with Crippen LogP contribution in [-0.2, 0) is 14.3 Å². The zero-order valence-electron chi connectivity index (χ0n) is 15.6. The molecule has 9 heteroatoms. The molecule has 28 heavy (non-hydrogen) atoms. The van der Waals surface area contributed by atoms with Crippen molar-refractivity contribution in [3.8, 4) is 6.07 Å². The molecule has 1 aromatic heterocycles. The van der Waals surface area contributed by atoms with Crippen molar-refractivity contribution < 1.29 is 19.1 Å². The van der Waals surface area contributed by atoms with Gasteiger partial charge >= 0.3 is 5.97 Å². The predicted molar refractivity (Wildman–Crippen MR) is 110 cm³/mol. The minimum absolute atomic E-state index is 0.0765. The summed E-state index contributed by atoms with van der Waals surface area (Å²) in [6, 6.07) is 9.19. The topological polar surface area (TPSA) is 108 Å². The molecule has 0 saturated carbocycles. The fourth-order valence-electron chi connectivity index (χ4n) is 2.32. The molecular formula is C19H19N3O4S2. The van der Waals surface area contributed by atoms with E-state index in [1.807, 2.05) is 12.1 Å². The molecule has 0 aliphatic heterocycles. The zero-order chi connectivity index (χ0) is 20.7. The molecule has 146 valence electrons. The van der Waals surface area contributed by atoms with Crippen LogP contribution in [0.15, 0.2) is 29.2 Å². The van der Waals surface area contributed by atoms with Crippen LogP contribution in [0.1, 0.15) is 34.6 Å². The largest absolute Gasteiger partial charge is 0.462 e. The second kappa shape index (κ2) is 9.92. The Labute approximate surface area is 171 Å². The van der Waals surface area contributed by atoms with Crippen molar-refractivity contribution in [3.05, 3.63) is 40.3 Å². The van der Waals surface area contributed by atoms with Crippen LogP contribution in [0.25, 0.3) is 0 Å². The number of para-hydroxylation sites is 1. The van der Waals surface area contributed by atoms with Crippen LogP contribution < -0.4 is 10.6 Å². The van der Waals surface area contributed by atoms with Crippen LogP contribution in [0, 0.1) is 18.3 Å². The van der Waals surface area contributed by atoms with E-state index in [9.17, 15) is 19.6 Å². The summed E-state index contributed by atoms with van der Waals surface area (Å²) in [5.41, 5.74) is 1.37. The lowest BCUT2D eigenvalue weighted by Gasteiger charge is -2.09. The van der Waals surface area contributed by atoms with Crippen LogP contribution >= 0.6 is 23.1 Å². The fourth-order valence-corrected chi connectivity index (χ4v) is 4.19. The number of anilines is 2. The number of hydrogen-bond donors (Lipinski definition) is 2. The van der Waals surface area contributed by atoms with E-state index in [4.69, 9.17) is 4.74 Å². The Bertz CT molecular complexity index is 947. The van der Waals surface area contributed by atoms with Gasteiger partial charge in [0.1, 0.15) is 15.9 Å². The molecule has 1 heterocycles. The van der Waals surface area contributed by atoms with Crippen LogP contribution in [-0.4, -0.2) is 30.1 Å². The summed E-state index contributed by atoms with van der Waals surface area (Å²) in [6.07, 6.45) is 0. The highest BCUT2D eigenvalue weighted by Gasteiger charge is 2.22. The molecule has 2 aromatic rings. The third kappa shape index (κ3) is 5.34. The normalized spacial score (nSPS) is 10.1. The van der Waals surface area contributed by atoms with Gasteiger partial charge in [-0.25, -0.2) is 4.79 Å². The molecule has 0 unspecified atom stereocenters. The van der Waals surface area contributed by atoms with Crippen molar-refractivity contribution in [1.29, 1.82) is 5.26 Å². The average Bonchev–Trinajstić information content (AvgIpc) is 2.96. The number of benzene rings is 1. The Hall–Kier alpha value is -2.83. The lowest BCUT2D eigenvalue weighted by Crippen LogP contribution is -2.14. The van der Waals surface area contributed by atoms with Gasteiger partial charge in [-0.3, -0.25) is 9.59 Å². The molecule has 2 rings (SSSR count). The summed E-state index contributed by atoms with van der Waals surface area (Å²) in [5, 5.41) is 15.1. The molecule has 0 aliphatic carbocycles. The number of thiophene rings is 1. The number of carbonyl (C=O) groups is 3. The van der Waals surface area contributed by atoms with E-state index in [1.54, 1.807) is 32.0 Å². The highest BCUT2D eigenvalue weighted by molar-refractivity contribution is 8.00. The maximum absolute atomic E-state index is 12.4. The Morgan fingerprint density at radius 1 is 1.25 bits per heavy atom. The number of nitrogens with one attached hydrogen (secondary N) is 2. The highest BCUT2D eigenvalue weighted by atomic mass is 32.2. The van der Waals surface area contributed by atoms with Gasteiger partial charge < -0.3 is 15.4 Å². The molecule has 0 spiro atoms. The van der Waals surface area contributed by atoms with E-state index in [-0.39, 0.29) is 29.7 Å². The van der Waals surface area contributed by atoms with Crippen LogP contribution in [0.5, 0.6) is 0 Å². The average molecular weight is 418 g/mol. The summed E-state index contributed by atoms with van der Waals surface area (Å²) >= 11 is 2.28. The second-order valence-corrected chi connectivity index (χ2v) is 7.64. The number of ether oxygens (including phenoxy) is 1. The first-order valence-corrected chi connectivity index (χ1v) is 10.2. The van der Waals surface area contributed by atoms with Crippen molar-refractivity contribution >= 4 is 51.6 Å². The van der Waals surface area contributed by atoms with E-state index in [1.165, 1.54) is 18.7 Å². The number of nitriles is 1. The highest BCUT2D eigenvalue weighted by Crippen LogP contribution is 2.33. The zero-order valence-corrected chi connectivity index (χ0v) is 17.3. The van der Waals surface area contributed by atoms with E-state index in [2.05, 4.69) is 10.6 Å². The van der Waals surface area contributed by atoms with Crippen LogP contribution in [0.3, 0.4) is 0 Å². The van der Waals surface area contributed by atoms with Crippen molar-refractivity contribution in [3.63, 3.8) is 0 Å². The van der Waals surface area contributed by atoms with E-state index in [0.29, 0.717) is 21.1 Å². The molecular weight excluding hydrogens is 398 g/mol. The molecule has 0 saturated heterocycles. The maximum Gasteiger partial charge on any atom is 0.348 e. The first-order chi connectivity index (χ1) is 13.4. The Morgan fingerprint density at radius 3 is 2.61 bits per heavy atom. The summed E-state index contributed by atoms with van der Waals surface area (Å²) in [4.78, 5) is 36.7. The van der Waals surface area contributed by atoms with E-state index < -0.39 is 5.97 Å². The number of carbonyl (C=O) groups excluding carboxylic acids is 3. The van der Waals surface area contributed by atoms with Gasteiger partial charge in [0, 0.05) is 11.8 Å². The first kappa shape index (κ1) is 21.5. The summed E-state index contributed by atoms with van der Waals surface area (Å²) in [6.45, 7) is 4.99. The van der Waals surface area contributed by atoms with Crippen molar-refractivity contribution in [2.75, 3.05) is 23.0 Å². The van der Waals surface area contributed by atoms with Crippen LogP contribution in [0.4, 0.5) is 10.7 Å². The first-order valence-electron chi connectivity index (χ1n) is 8.37. The molecule has 0 atom stereocenters. The van der Waals surface area contributed by atoms with Gasteiger partial charge in [0.05, 0.1) is 23.6 Å². The van der Waals surface area contributed by atoms with Gasteiger partial charge in [-0.05, 0) is 31.5 Å². The van der Waals surface area contributed by atoms with Crippen LogP contribution in [0.2, 0.25) is 0 Å². The summed E-state index contributed by atoms with van der Waals surface area (Å²) in [7, 11) is 0. The van der Waals surface area contributed by atoms with Gasteiger partial charge in [0.15, 0.2) is 0 Å². The SMILES string of the molecule is CCOC(=O)c1sc(NC(=O)CSc2ccccc2NC(C)=O)c(C#N)c1C. The minimum Gasteiger partial charge on any atom is -0.462 e. The number of rotatable bonds is 7. The molecule has 2 N–H and O–H groups in total. The van der Waals surface area contributed by atoms with Gasteiger partial charge in [0.2, 0.25) is 11.8 Å². The molecule has 0 radical (unpaired) electrons. The number of esters is 1. The predicted octanol–water partition coefficient (Wildman–Crippen LogP) is 3.79. The molecule has 7 nitrogen and oxygen atoms in total. The van der Waals surface area contributed by atoms with Gasteiger partial charge in [-0.1, -0.05) is 12.1 Å². The number of nitrogens with zero attached hydrogens (tertiary/aromatic N) is 1. The Morgan fingerprint density at radius 2 is 1.96 bits per heavy atom. The Balaban J connectivity index is 2.10. The minimum atomic E-state index is -0.513. The number of hydrogen-bond acceptors (Lipinski definition) is 7. The van der Waals surface area contributed by atoms with Crippen molar-refractivity contribution in [2.45, 2.75) is 25.7 Å². The van der Waals surface area contributed by atoms with Gasteiger partial charge in [-0.2, -0.15) is 5.26 Å². The lowest BCUT2D eigenvalue weighted by molar-refractivity contribution is -0.114. The van der Waals surface area contributed by atoms with Crippen molar-refractivity contribution in [1.82, 2.24) is 0 Å².